The Kier molecular flexibility index (Phi) is 5.53. The first kappa shape index (κ1) is 16.3. The predicted octanol–water partition coefficient (Wildman–Crippen LogP) is 3.91. The van der Waals surface area contributed by atoms with Gasteiger partial charge in [-0.25, -0.2) is 0 Å². The molecule has 0 aromatic carbocycles. The van der Waals surface area contributed by atoms with Gasteiger partial charge in [0.15, 0.2) is 0 Å². The van der Waals surface area contributed by atoms with Gasteiger partial charge >= 0.3 is 0 Å². The van der Waals surface area contributed by atoms with Gasteiger partial charge in [0.25, 0.3) is 0 Å². The van der Waals surface area contributed by atoms with E-state index in [0.29, 0.717) is 6.04 Å². The van der Waals surface area contributed by atoms with Crippen LogP contribution in [0.2, 0.25) is 0 Å². The van der Waals surface area contributed by atoms with Crippen molar-refractivity contribution in [2.75, 3.05) is 19.6 Å². The Labute approximate surface area is 126 Å². The predicted molar refractivity (Wildman–Crippen MR) is 88.0 cm³/mol. The van der Waals surface area contributed by atoms with Crippen molar-refractivity contribution < 1.29 is 0 Å². The number of hydrogen-bond acceptors (Lipinski definition) is 2. The van der Waals surface area contributed by atoms with Crippen LogP contribution in [-0.2, 0) is 0 Å². The minimum atomic E-state index is 0.265. The van der Waals surface area contributed by atoms with E-state index in [0.717, 1.165) is 37.4 Å². The molecule has 4 unspecified atom stereocenters. The summed E-state index contributed by atoms with van der Waals surface area (Å²) in [6, 6.07) is 0.636. The highest BCUT2D eigenvalue weighted by atomic mass is 15.2. The van der Waals surface area contributed by atoms with Crippen LogP contribution in [0, 0.1) is 17.8 Å². The molecule has 118 valence electrons. The van der Waals surface area contributed by atoms with Crippen molar-refractivity contribution in [3.05, 3.63) is 0 Å². The second-order valence-corrected chi connectivity index (χ2v) is 7.61. The number of nitrogens with zero attached hydrogens (tertiary/aromatic N) is 1. The molecule has 2 bridgehead atoms. The van der Waals surface area contributed by atoms with E-state index in [9.17, 15) is 0 Å². The molecule has 1 N–H and O–H groups in total. The Morgan fingerprint density at radius 2 is 1.80 bits per heavy atom. The van der Waals surface area contributed by atoms with Crippen LogP contribution in [0.25, 0.3) is 0 Å². The van der Waals surface area contributed by atoms with E-state index in [4.69, 9.17) is 0 Å². The van der Waals surface area contributed by atoms with Gasteiger partial charge in [-0.3, -0.25) is 4.90 Å². The summed E-state index contributed by atoms with van der Waals surface area (Å²) in [4.78, 5) is 2.63. The van der Waals surface area contributed by atoms with E-state index < -0.39 is 0 Å². The molecule has 20 heavy (non-hydrogen) atoms. The van der Waals surface area contributed by atoms with Crippen LogP contribution in [-0.4, -0.2) is 36.1 Å². The molecule has 2 rings (SSSR count). The van der Waals surface area contributed by atoms with E-state index in [1.807, 2.05) is 0 Å². The lowest BCUT2D eigenvalue weighted by Gasteiger charge is -2.45. The molecule has 2 fully saturated rings. The molecule has 0 amide bonds. The minimum absolute atomic E-state index is 0.265. The van der Waals surface area contributed by atoms with Gasteiger partial charge in [-0.15, -0.1) is 0 Å². The number of hydrogen-bond donors (Lipinski definition) is 1. The number of nitrogens with one attached hydrogen (secondary N) is 1. The molecule has 2 nitrogen and oxygen atoms in total. The molecular weight excluding hydrogens is 244 g/mol. The molecule has 0 aromatic rings. The maximum absolute atomic E-state index is 3.82. The van der Waals surface area contributed by atoms with Crippen molar-refractivity contribution in [3.8, 4) is 0 Å². The Bertz CT molecular complexity index is 296. The summed E-state index contributed by atoms with van der Waals surface area (Å²) < 4.78 is 0. The molecule has 0 aromatic heterocycles. The standard InChI is InChI=1S/C18H36N2/c1-6-19-17(18(4,5)20(7-2)8-3)13-16-12-14-9-10-15(16)11-14/h14-17,19H,6-13H2,1-5H3. The summed E-state index contributed by atoms with van der Waals surface area (Å²) in [6.07, 6.45) is 7.47. The normalized spacial score (nSPS) is 31.2. The summed E-state index contributed by atoms with van der Waals surface area (Å²) >= 11 is 0. The molecule has 4 atom stereocenters. The molecule has 0 spiro atoms. The second kappa shape index (κ2) is 6.79. The molecule has 2 aliphatic carbocycles. The Morgan fingerprint density at radius 3 is 2.25 bits per heavy atom. The molecule has 0 aliphatic heterocycles. The largest absolute Gasteiger partial charge is 0.312 e. The minimum Gasteiger partial charge on any atom is -0.312 e. The van der Waals surface area contributed by atoms with Gasteiger partial charge < -0.3 is 5.32 Å². The highest BCUT2D eigenvalue weighted by Crippen LogP contribution is 2.50. The van der Waals surface area contributed by atoms with Crippen molar-refractivity contribution in [2.24, 2.45) is 17.8 Å². The monoisotopic (exact) mass is 280 g/mol. The van der Waals surface area contributed by atoms with Crippen LogP contribution in [0.4, 0.5) is 0 Å². The average molecular weight is 280 g/mol. The zero-order chi connectivity index (χ0) is 14.8. The van der Waals surface area contributed by atoms with E-state index in [1.165, 1.54) is 32.1 Å². The van der Waals surface area contributed by atoms with Gasteiger partial charge in [0.2, 0.25) is 0 Å². The van der Waals surface area contributed by atoms with Gasteiger partial charge in [-0.05, 0) is 76.9 Å². The SMILES string of the molecule is CCNC(CC1CC2CCC1C2)C(C)(C)N(CC)CC. The van der Waals surface area contributed by atoms with E-state index >= 15 is 0 Å². The molecule has 0 radical (unpaired) electrons. The lowest BCUT2D eigenvalue weighted by atomic mass is 9.79. The lowest BCUT2D eigenvalue weighted by molar-refractivity contribution is 0.0750. The number of rotatable bonds is 8. The highest BCUT2D eigenvalue weighted by Gasteiger charge is 2.43. The Hall–Kier alpha value is -0.0800. The van der Waals surface area contributed by atoms with Crippen LogP contribution in [0.15, 0.2) is 0 Å². The van der Waals surface area contributed by atoms with Gasteiger partial charge in [-0.2, -0.15) is 0 Å². The maximum Gasteiger partial charge on any atom is 0.0306 e. The summed E-state index contributed by atoms with van der Waals surface area (Å²) in [5.41, 5.74) is 0.265. The lowest BCUT2D eigenvalue weighted by Crippen LogP contribution is -2.58. The fourth-order valence-corrected chi connectivity index (χ4v) is 5.09. The van der Waals surface area contributed by atoms with Crippen LogP contribution < -0.4 is 5.32 Å². The first-order chi connectivity index (χ1) is 9.52. The number of likely N-dealkylation sites (N-methyl/N-ethyl adjacent to an activating group) is 2. The molecule has 0 heterocycles. The molecular formula is C18H36N2. The third-order valence-corrected chi connectivity index (χ3v) is 6.30. The Balaban J connectivity index is 2.02. The number of fused-ring (bicyclic) bond motifs is 2. The fourth-order valence-electron chi connectivity index (χ4n) is 5.09. The third-order valence-electron chi connectivity index (χ3n) is 6.30. The van der Waals surface area contributed by atoms with Crippen molar-refractivity contribution in [2.45, 2.75) is 78.3 Å². The first-order valence-corrected chi connectivity index (χ1v) is 9.01. The summed E-state index contributed by atoms with van der Waals surface area (Å²) in [7, 11) is 0. The van der Waals surface area contributed by atoms with E-state index in [1.54, 1.807) is 0 Å². The maximum atomic E-state index is 3.82. The highest BCUT2D eigenvalue weighted by molar-refractivity contribution is 4.98. The average Bonchev–Trinajstić information content (AvgIpc) is 3.01. The molecule has 0 saturated heterocycles. The Morgan fingerprint density at radius 1 is 1.10 bits per heavy atom. The van der Waals surface area contributed by atoms with Crippen LogP contribution in [0.3, 0.4) is 0 Å². The summed E-state index contributed by atoms with van der Waals surface area (Å²) in [5, 5.41) is 3.82. The van der Waals surface area contributed by atoms with Crippen molar-refractivity contribution in [1.29, 1.82) is 0 Å². The molecule has 2 heteroatoms. The van der Waals surface area contributed by atoms with Crippen molar-refractivity contribution in [3.63, 3.8) is 0 Å². The molecule has 2 saturated carbocycles. The topological polar surface area (TPSA) is 15.3 Å². The van der Waals surface area contributed by atoms with Crippen LogP contribution in [0.1, 0.15) is 66.7 Å². The molecule has 2 aliphatic rings. The van der Waals surface area contributed by atoms with Gasteiger partial charge in [-0.1, -0.05) is 27.2 Å². The van der Waals surface area contributed by atoms with E-state index in [2.05, 4.69) is 44.8 Å². The van der Waals surface area contributed by atoms with Gasteiger partial charge in [0.1, 0.15) is 0 Å². The zero-order valence-corrected chi connectivity index (χ0v) is 14.4. The van der Waals surface area contributed by atoms with Gasteiger partial charge in [0.05, 0.1) is 0 Å². The second-order valence-electron chi connectivity index (χ2n) is 7.61. The van der Waals surface area contributed by atoms with Crippen molar-refractivity contribution in [1.82, 2.24) is 10.2 Å². The quantitative estimate of drug-likeness (QED) is 0.725. The van der Waals surface area contributed by atoms with Crippen molar-refractivity contribution >= 4 is 0 Å². The summed E-state index contributed by atoms with van der Waals surface area (Å²) in [5.74, 6) is 3.12. The van der Waals surface area contributed by atoms with E-state index in [-0.39, 0.29) is 5.54 Å². The van der Waals surface area contributed by atoms with Crippen LogP contribution >= 0.6 is 0 Å². The fraction of sp³-hybridized carbons (Fsp3) is 1.00. The zero-order valence-electron chi connectivity index (χ0n) is 14.4. The smallest absolute Gasteiger partial charge is 0.0306 e. The first-order valence-electron chi connectivity index (χ1n) is 9.01. The van der Waals surface area contributed by atoms with Crippen LogP contribution in [0.5, 0.6) is 0 Å². The third kappa shape index (κ3) is 3.22. The summed E-state index contributed by atoms with van der Waals surface area (Å²) in [6.45, 7) is 15.1. The van der Waals surface area contributed by atoms with Gasteiger partial charge in [0, 0.05) is 11.6 Å².